The molecule has 2 heterocycles. The Morgan fingerprint density at radius 3 is 2.53 bits per heavy atom. The second-order valence-corrected chi connectivity index (χ2v) is 7.67. The van der Waals surface area contributed by atoms with Crippen LogP contribution in [-0.2, 0) is 0 Å². The number of nitrogens with zero attached hydrogens (tertiary/aromatic N) is 2. The number of carbonyl (C=O) groups excluding carboxylic acids is 2. The van der Waals surface area contributed by atoms with E-state index in [2.05, 4.69) is 0 Å². The van der Waals surface area contributed by atoms with Crippen LogP contribution in [0.15, 0.2) is 78.9 Å². The molecule has 5 rings (SSSR count). The van der Waals surface area contributed by atoms with Gasteiger partial charge in [-0.05, 0) is 43.3 Å². The third-order valence-corrected chi connectivity index (χ3v) is 5.67. The first-order chi connectivity index (χ1) is 14.5. The lowest BCUT2D eigenvalue weighted by atomic mass is 9.88. The van der Waals surface area contributed by atoms with Crippen molar-refractivity contribution in [1.82, 2.24) is 4.90 Å². The first-order valence-corrected chi connectivity index (χ1v) is 9.74. The van der Waals surface area contributed by atoms with E-state index >= 15 is 0 Å². The van der Waals surface area contributed by atoms with Gasteiger partial charge in [0.05, 0.1) is 6.04 Å². The maximum absolute atomic E-state index is 13.8. The lowest BCUT2D eigenvalue weighted by Gasteiger charge is -2.53. The van der Waals surface area contributed by atoms with Crippen molar-refractivity contribution in [1.29, 1.82) is 0 Å². The summed E-state index contributed by atoms with van der Waals surface area (Å²) in [5.74, 6) is -0.437. The number of ether oxygens (including phenoxy) is 1. The SMILES string of the molecule is C[C@@]12C[C@H](c3ccccc3O1)N(C(=O)c1cccc(F)c1)C(=O)N2c1ccccc1. The van der Waals surface area contributed by atoms with Gasteiger partial charge in [-0.15, -0.1) is 0 Å². The van der Waals surface area contributed by atoms with E-state index in [1.54, 1.807) is 12.1 Å². The summed E-state index contributed by atoms with van der Waals surface area (Å²) in [5.41, 5.74) is 0.556. The largest absolute Gasteiger partial charge is 0.467 e. The topological polar surface area (TPSA) is 49.9 Å². The van der Waals surface area contributed by atoms with Crippen LogP contribution in [0.2, 0.25) is 0 Å². The van der Waals surface area contributed by atoms with Gasteiger partial charge in [0.2, 0.25) is 0 Å². The lowest BCUT2D eigenvalue weighted by Crippen LogP contribution is -2.67. The lowest BCUT2D eigenvalue weighted by molar-refractivity contribution is 0.00266. The molecule has 2 aliphatic rings. The number of benzene rings is 3. The molecule has 0 unspecified atom stereocenters. The Bertz CT molecular complexity index is 1150. The summed E-state index contributed by atoms with van der Waals surface area (Å²) in [5, 5.41) is 0. The molecule has 1 fully saturated rings. The number of hydrogen-bond donors (Lipinski definition) is 0. The third kappa shape index (κ3) is 2.76. The van der Waals surface area contributed by atoms with Crippen molar-refractivity contribution in [2.45, 2.75) is 25.1 Å². The zero-order valence-electron chi connectivity index (χ0n) is 16.3. The molecule has 0 N–H and O–H groups in total. The summed E-state index contributed by atoms with van der Waals surface area (Å²) in [6.45, 7) is 1.85. The van der Waals surface area contributed by atoms with Gasteiger partial charge in [-0.1, -0.05) is 42.5 Å². The summed E-state index contributed by atoms with van der Waals surface area (Å²) in [6.07, 6.45) is 0.395. The van der Waals surface area contributed by atoms with Crippen molar-refractivity contribution >= 4 is 17.6 Å². The molecule has 2 bridgehead atoms. The summed E-state index contributed by atoms with van der Waals surface area (Å²) in [7, 11) is 0. The molecule has 3 amide bonds. The molecule has 6 heteroatoms. The van der Waals surface area contributed by atoms with Crippen LogP contribution in [0, 0.1) is 5.82 Å². The number of hydrogen-bond acceptors (Lipinski definition) is 3. The second kappa shape index (κ2) is 6.69. The van der Waals surface area contributed by atoms with Crippen LogP contribution < -0.4 is 9.64 Å². The van der Waals surface area contributed by atoms with E-state index in [0.717, 1.165) is 11.6 Å². The quantitative estimate of drug-likeness (QED) is 0.596. The number of amides is 3. The van der Waals surface area contributed by atoms with E-state index in [-0.39, 0.29) is 5.56 Å². The number of carbonyl (C=O) groups is 2. The molecule has 0 spiro atoms. The van der Waals surface area contributed by atoms with Crippen LogP contribution in [0.1, 0.15) is 35.3 Å². The van der Waals surface area contributed by atoms with Crippen LogP contribution in [0.25, 0.3) is 0 Å². The molecule has 0 saturated carbocycles. The minimum Gasteiger partial charge on any atom is -0.467 e. The van der Waals surface area contributed by atoms with Gasteiger partial charge in [0, 0.05) is 23.2 Å². The fraction of sp³-hybridized carbons (Fsp3) is 0.167. The van der Waals surface area contributed by atoms with Crippen molar-refractivity contribution in [2.24, 2.45) is 0 Å². The maximum atomic E-state index is 13.8. The van der Waals surface area contributed by atoms with Gasteiger partial charge in [0.1, 0.15) is 11.6 Å². The Hall–Kier alpha value is -3.67. The summed E-state index contributed by atoms with van der Waals surface area (Å²) in [4.78, 5) is 29.9. The molecule has 0 aromatic heterocycles. The Labute approximate surface area is 173 Å². The molecular weight excluding hydrogens is 383 g/mol. The fourth-order valence-electron chi connectivity index (χ4n) is 4.36. The number of para-hydroxylation sites is 2. The molecular formula is C24H19FN2O3. The Morgan fingerprint density at radius 2 is 1.77 bits per heavy atom. The normalized spacial score (nSPS) is 22.3. The molecule has 0 aliphatic carbocycles. The van der Waals surface area contributed by atoms with E-state index < -0.39 is 29.5 Å². The Balaban J connectivity index is 1.68. The molecule has 150 valence electrons. The monoisotopic (exact) mass is 402 g/mol. The predicted molar refractivity (Wildman–Crippen MR) is 110 cm³/mol. The van der Waals surface area contributed by atoms with Gasteiger partial charge >= 0.3 is 6.03 Å². The van der Waals surface area contributed by atoms with E-state index in [4.69, 9.17) is 4.74 Å². The van der Waals surface area contributed by atoms with Crippen molar-refractivity contribution in [3.63, 3.8) is 0 Å². The molecule has 5 nitrogen and oxygen atoms in total. The van der Waals surface area contributed by atoms with E-state index in [0.29, 0.717) is 17.9 Å². The van der Waals surface area contributed by atoms with Gasteiger partial charge in [-0.3, -0.25) is 14.6 Å². The highest BCUT2D eigenvalue weighted by Gasteiger charge is 2.55. The Morgan fingerprint density at radius 1 is 1.03 bits per heavy atom. The molecule has 30 heavy (non-hydrogen) atoms. The number of rotatable bonds is 2. The molecule has 0 radical (unpaired) electrons. The number of imide groups is 1. The molecule has 2 atom stereocenters. The standard InChI is InChI=1S/C24H19FN2O3/c1-24-15-20(19-12-5-6-13-21(19)30-24)26(22(28)16-8-7-9-17(25)14-16)23(29)27(24)18-10-3-2-4-11-18/h2-14,20H,15H2,1H3/t20-,24+/m1/s1. The van der Waals surface area contributed by atoms with Crippen molar-refractivity contribution in [2.75, 3.05) is 4.90 Å². The van der Waals surface area contributed by atoms with E-state index in [9.17, 15) is 14.0 Å². The van der Waals surface area contributed by atoms with Gasteiger partial charge in [-0.25, -0.2) is 9.18 Å². The average Bonchev–Trinajstić information content (AvgIpc) is 2.74. The highest BCUT2D eigenvalue weighted by Crippen LogP contribution is 2.49. The minimum atomic E-state index is -0.962. The van der Waals surface area contributed by atoms with Gasteiger partial charge in [0.25, 0.3) is 5.91 Å². The zero-order valence-corrected chi connectivity index (χ0v) is 16.3. The Kier molecular flexibility index (Phi) is 4.10. The summed E-state index contributed by atoms with van der Waals surface area (Å²) in [6, 6.07) is 20.9. The van der Waals surface area contributed by atoms with Crippen LogP contribution in [0.3, 0.4) is 0 Å². The van der Waals surface area contributed by atoms with Crippen molar-refractivity contribution < 1.29 is 18.7 Å². The third-order valence-electron chi connectivity index (χ3n) is 5.67. The molecule has 1 saturated heterocycles. The van der Waals surface area contributed by atoms with Crippen molar-refractivity contribution in [3.05, 3.63) is 95.8 Å². The second-order valence-electron chi connectivity index (χ2n) is 7.67. The number of fused-ring (bicyclic) bond motifs is 4. The predicted octanol–water partition coefficient (Wildman–Crippen LogP) is 5.15. The highest BCUT2D eigenvalue weighted by molar-refractivity contribution is 6.10. The number of anilines is 1. The molecule has 3 aromatic rings. The van der Waals surface area contributed by atoms with Crippen LogP contribution in [0.5, 0.6) is 5.75 Å². The fourth-order valence-corrected chi connectivity index (χ4v) is 4.36. The van der Waals surface area contributed by atoms with Crippen LogP contribution >= 0.6 is 0 Å². The molecule has 2 aliphatic heterocycles. The smallest absolute Gasteiger partial charge is 0.335 e. The maximum Gasteiger partial charge on any atom is 0.335 e. The molecule has 3 aromatic carbocycles. The van der Waals surface area contributed by atoms with E-state index in [1.165, 1.54) is 28.0 Å². The van der Waals surface area contributed by atoms with Gasteiger partial charge in [0.15, 0.2) is 5.72 Å². The van der Waals surface area contributed by atoms with Crippen LogP contribution in [-0.4, -0.2) is 22.6 Å². The van der Waals surface area contributed by atoms with Crippen molar-refractivity contribution in [3.8, 4) is 5.75 Å². The van der Waals surface area contributed by atoms with Gasteiger partial charge in [-0.2, -0.15) is 0 Å². The van der Waals surface area contributed by atoms with E-state index in [1.807, 2.05) is 49.4 Å². The summed E-state index contributed by atoms with van der Waals surface area (Å²) >= 11 is 0. The minimum absolute atomic E-state index is 0.129. The first-order valence-electron chi connectivity index (χ1n) is 9.74. The number of urea groups is 1. The average molecular weight is 402 g/mol. The number of halogens is 1. The van der Waals surface area contributed by atoms with Crippen LogP contribution in [0.4, 0.5) is 14.9 Å². The highest BCUT2D eigenvalue weighted by atomic mass is 19.1. The summed E-state index contributed by atoms with van der Waals surface area (Å²) < 4.78 is 20.1. The first kappa shape index (κ1) is 18.4. The zero-order chi connectivity index (χ0) is 20.9. The van der Waals surface area contributed by atoms with Gasteiger partial charge < -0.3 is 4.74 Å².